The average molecular weight is 355 g/mol. The lowest BCUT2D eigenvalue weighted by Crippen LogP contribution is -2.30. The number of hydrogen-bond acceptors (Lipinski definition) is 3. The molecule has 24 heavy (non-hydrogen) atoms. The van der Waals surface area contributed by atoms with E-state index in [1.807, 2.05) is 17.4 Å². The first-order valence-electron chi connectivity index (χ1n) is 8.78. The predicted octanol–water partition coefficient (Wildman–Crippen LogP) is 6.29. The molecule has 0 aliphatic heterocycles. The van der Waals surface area contributed by atoms with Crippen molar-refractivity contribution >= 4 is 32.8 Å². The summed E-state index contributed by atoms with van der Waals surface area (Å²) in [4.78, 5) is 15.6. The van der Waals surface area contributed by atoms with Gasteiger partial charge in [0.15, 0.2) is 5.43 Å². The molecule has 1 aliphatic carbocycles. The highest BCUT2D eigenvalue weighted by Gasteiger charge is 2.33. The molecule has 0 atom stereocenters. The van der Waals surface area contributed by atoms with E-state index in [9.17, 15) is 4.79 Å². The third kappa shape index (κ3) is 2.55. The summed E-state index contributed by atoms with van der Waals surface area (Å²) in [7, 11) is 0. The zero-order valence-corrected chi connectivity index (χ0v) is 15.9. The van der Waals surface area contributed by atoms with E-state index in [1.54, 1.807) is 11.3 Å². The molecule has 124 valence electrons. The van der Waals surface area contributed by atoms with Crippen LogP contribution in [0.5, 0.6) is 0 Å². The summed E-state index contributed by atoms with van der Waals surface area (Å²) < 4.78 is 1.15. The Balaban J connectivity index is 1.87. The molecule has 0 unspecified atom stereocenters. The van der Waals surface area contributed by atoms with Crippen molar-refractivity contribution in [1.29, 1.82) is 0 Å². The van der Waals surface area contributed by atoms with E-state index in [0.29, 0.717) is 5.41 Å². The predicted molar refractivity (Wildman–Crippen MR) is 106 cm³/mol. The first-order valence-corrected chi connectivity index (χ1v) is 10.5. The highest BCUT2D eigenvalue weighted by atomic mass is 32.1. The molecule has 0 N–H and O–H groups in total. The second-order valence-electron chi connectivity index (χ2n) is 6.91. The zero-order chi connectivity index (χ0) is 16.7. The van der Waals surface area contributed by atoms with Crippen LogP contribution in [0.4, 0.5) is 0 Å². The smallest absolute Gasteiger partial charge is 0.191 e. The molecule has 0 fully saturated rings. The molecule has 1 aliphatic rings. The number of thiophene rings is 1. The summed E-state index contributed by atoms with van der Waals surface area (Å²) in [6.45, 7) is 4.60. The maximum atomic E-state index is 13.0. The Hall–Kier alpha value is -1.45. The minimum Gasteiger partial charge on any atom is -0.289 e. The third-order valence-corrected chi connectivity index (χ3v) is 7.93. The maximum absolute atomic E-state index is 13.0. The quantitative estimate of drug-likeness (QED) is 0.540. The molecule has 4 rings (SSSR count). The molecule has 0 saturated carbocycles. The molecule has 3 heteroatoms. The summed E-state index contributed by atoms with van der Waals surface area (Å²) in [5, 5.41) is 3.01. The van der Waals surface area contributed by atoms with Gasteiger partial charge >= 0.3 is 0 Å². The van der Waals surface area contributed by atoms with E-state index >= 15 is 0 Å². The summed E-state index contributed by atoms with van der Waals surface area (Å²) in [5.41, 5.74) is 2.99. The van der Waals surface area contributed by atoms with E-state index < -0.39 is 0 Å². The Morgan fingerprint density at radius 2 is 2.00 bits per heavy atom. The number of hydrogen-bond donors (Lipinski definition) is 0. The van der Waals surface area contributed by atoms with E-state index in [-0.39, 0.29) is 5.43 Å². The Kier molecular flexibility index (Phi) is 4.09. The first kappa shape index (κ1) is 16.0. The lowest BCUT2D eigenvalue weighted by molar-refractivity contribution is 0.226. The van der Waals surface area contributed by atoms with Crippen molar-refractivity contribution in [2.75, 3.05) is 0 Å². The molecule has 2 aromatic heterocycles. The zero-order valence-electron chi connectivity index (χ0n) is 14.2. The Bertz CT molecular complexity index is 930. The fourth-order valence-corrected chi connectivity index (χ4v) is 6.08. The molecule has 1 nitrogen and oxygen atoms in total. The van der Waals surface area contributed by atoms with Crippen LogP contribution in [0.25, 0.3) is 20.5 Å². The SMILES string of the molecule is CCC1(CC)CCc2c(sc3cc(-c4cccs4)ccc3c2=O)C1. The first-order chi connectivity index (χ1) is 11.7. The van der Waals surface area contributed by atoms with E-state index in [4.69, 9.17) is 0 Å². The fraction of sp³-hybridized carbons (Fsp3) is 0.381. The van der Waals surface area contributed by atoms with E-state index in [1.165, 1.54) is 28.2 Å². The van der Waals surface area contributed by atoms with Crippen molar-refractivity contribution in [1.82, 2.24) is 0 Å². The van der Waals surface area contributed by atoms with Gasteiger partial charge in [0.25, 0.3) is 0 Å². The molecule has 3 aromatic rings. The molecule has 0 amide bonds. The summed E-state index contributed by atoms with van der Waals surface area (Å²) >= 11 is 3.60. The van der Waals surface area contributed by atoms with Gasteiger partial charge in [-0.3, -0.25) is 4.79 Å². The van der Waals surface area contributed by atoms with Crippen LogP contribution < -0.4 is 5.43 Å². The van der Waals surface area contributed by atoms with Gasteiger partial charge < -0.3 is 0 Å². The van der Waals surface area contributed by atoms with Crippen molar-refractivity contribution in [3.05, 3.63) is 56.4 Å². The monoisotopic (exact) mass is 354 g/mol. The van der Waals surface area contributed by atoms with E-state index in [0.717, 1.165) is 34.9 Å². The van der Waals surface area contributed by atoms with Gasteiger partial charge in [-0.15, -0.1) is 22.7 Å². The average Bonchev–Trinajstić information content (AvgIpc) is 3.15. The van der Waals surface area contributed by atoms with Crippen LogP contribution in [0.1, 0.15) is 43.6 Å². The largest absolute Gasteiger partial charge is 0.289 e. The minimum absolute atomic E-state index is 0.275. The molecule has 0 spiro atoms. The van der Waals surface area contributed by atoms with Crippen LogP contribution in [0.2, 0.25) is 0 Å². The lowest BCUT2D eigenvalue weighted by Gasteiger charge is -2.36. The van der Waals surface area contributed by atoms with Gasteiger partial charge in [0.1, 0.15) is 0 Å². The normalized spacial score (nSPS) is 16.2. The van der Waals surface area contributed by atoms with Crippen molar-refractivity contribution in [3.63, 3.8) is 0 Å². The van der Waals surface area contributed by atoms with E-state index in [2.05, 4.69) is 43.5 Å². The topological polar surface area (TPSA) is 17.1 Å². The summed E-state index contributed by atoms with van der Waals surface area (Å²) in [6, 6.07) is 10.6. The van der Waals surface area contributed by atoms with Gasteiger partial charge in [0.2, 0.25) is 0 Å². The highest BCUT2D eigenvalue weighted by Crippen LogP contribution is 2.42. The van der Waals surface area contributed by atoms with Crippen molar-refractivity contribution in [2.45, 2.75) is 46.0 Å². The van der Waals surface area contributed by atoms with Gasteiger partial charge in [-0.25, -0.2) is 0 Å². The standard InChI is InChI=1S/C21H22OS2/c1-3-21(4-2)10-9-16-19(13-21)24-18-12-14(17-6-5-11-23-17)7-8-15(18)20(16)22/h5-8,11-12H,3-4,9-10,13H2,1-2H3. The molecule has 0 bridgehead atoms. The van der Waals surface area contributed by atoms with Crippen LogP contribution >= 0.6 is 22.7 Å². The minimum atomic E-state index is 0.275. The number of rotatable bonds is 3. The molecule has 2 heterocycles. The highest BCUT2D eigenvalue weighted by molar-refractivity contribution is 7.18. The molecule has 0 radical (unpaired) electrons. The molecule has 1 aromatic carbocycles. The van der Waals surface area contributed by atoms with Crippen molar-refractivity contribution in [3.8, 4) is 10.4 Å². The Labute approximate surface area is 151 Å². The second-order valence-corrected chi connectivity index (χ2v) is 8.99. The van der Waals surface area contributed by atoms with Gasteiger partial charge in [0, 0.05) is 25.4 Å². The Morgan fingerprint density at radius 1 is 1.17 bits per heavy atom. The van der Waals surface area contributed by atoms with Crippen LogP contribution in [-0.4, -0.2) is 0 Å². The second kappa shape index (κ2) is 6.12. The summed E-state index contributed by atoms with van der Waals surface area (Å²) in [6.07, 6.45) is 5.60. The molecular formula is C21H22OS2. The fourth-order valence-electron chi connectivity index (χ4n) is 3.94. The van der Waals surface area contributed by atoms with Crippen LogP contribution in [-0.2, 0) is 12.8 Å². The third-order valence-electron chi connectivity index (χ3n) is 5.82. The van der Waals surface area contributed by atoms with Crippen LogP contribution in [0.15, 0.2) is 40.5 Å². The van der Waals surface area contributed by atoms with Crippen LogP contribution in [0.3, 0.4) is 0 Å². The molecule has 0 saturated heterocycles. The van der Waals surface area contributed by atoms with Gasteiger partial charge in [-0.1, -0.05) is 38.8 Å². The Morgan fingerprint density at radius 3 is 2.71 bits per heavy atom. The van der Waals surface area contributed by atoms with Gasteiger partial charge in [-0.2, -0.15) is 0 Å². The van der Waals surface area contributed by atoms with Gasteiger partial charge in [0.05, 0.1) is 0 Å². The van der Waals surface area contributed by atoms with Crippen LogP contribution in [0, 0.1) is 5.41 Å². The van der Waals surface area contributed by atoms with Crippen molar-refractivity contribution in [2.24, 2.45) is 5.41 Å². The maximum Gasteiger partial charge on any atom is 0.191 e. The lowest BCUT2D eigenvalue weighted by atomic mass is 9.70. The van der Waals surface area contributed by atoms with Gasteiger partial charge in [-0.05, 0) is 53.8 Å². The van der Waals surface area contributed by atoms with Crippen molar-refractivity contribution < 1.29 is 0 Å². The summed E-state index contributed by atoms with van der Waals surface area (Å²) in [5.74, 6) is 0. The number of fused-ring (bicyclic) bond motifs is 2. The molecular weight excluding hydrogens is 332 g/mol. The number of benzene rings is 1.